The molecule has 0 aliphatic heterocycles. The molecule has 0 spiro atoms. The van der Waals surface area contributed by atoms with Gasteiger partial charge in [0.2, 0.25) is 10.0 Å². The molecule has 2 aromatic rings. The van der Waals surface area contributed by atoms with E-state index in [2.05, 4.69) is 4.72 Å². The van der Waals surface area contributed by atoms with E-state index >= 15 is 0 Å². The van der Waals surface area contributed by atoms with Crippen LogP contribution < -0.4 is 10.5 Å². The SMILES string of the molecule is Cc1ccc(S(=O)(=O)N[C@@H](CCCCN)C(=O)OC(=O)OCc2ccccc2)cc1. The summed E-state index contributed by atoms with van der Waals surface area (Å²) in [6.07, 6.45) is 0.00932. The number of esters is 1. The molecule has 0 bridgehead atoms. The number of carbonyl (C=O) groups excluding carboxylic acids is 2. The van der Waals surface area contributed by atoms with Crippen LogP contribution in [0.3, 0.4) is 0 Å². The van der Waals surface area contributed by atoms with Crippen LogP contribution in [0.4, 0.5) is 4.79 Å². The first kappa shape index (κ1) is 23.5. The highest BCUT2D eigenvalue weighted by Crippen LogP contribution is 2.13. The fourth-order valence-electron chi connectivity index (χ4n) is 2.59. The highest BCUT2D eigenvalue weighted by Gasteiger charge is 2.28. The standard InChI is InChI=1S/C21H26N2O6S/c1-16-10-12-18(13-11-16)30(26,27)23-19(9-5-6-14-22)20(24)29-21(25)28-15-17-7-3-2-4-8-17/h2-4,7-8,10-13,19,23H,5-6,9,14-15,22H2,1H3/t19-/m0/s1. The molecule has 9 heteroatoms. The number of carbonyl (C=O) groups is 2. The summed E-state index contributed by atoms with van der Waals surface area (Å²) >= 11 is 0. The van der Waals surface area contributed by atoms with Crippen LogP contribution in [0.2, 0.25) is 0 Å². The monoisotopic (exact) mass is 434 g/mol. The molecular weight excluding hydrogens is 408 g/mol. The fraction of sp³-hybridized carbons (Fsp3) is 0.333. The second kappa shape index (κ2) is 11.4. The van der Waals surface area contributed by atoms with Crippen LogP contribution in [0.25, 0.3) is 0 Å². The van der Waals surface area contributed by atoms with Gasteiger partial charge in [-0.1, -0.05) is 54.4 Å². The van der Waals surface area contributed by atoms with E-state index < -0.39 is 28.2 Å². The topological polar surface area (TPSA) is 125 Å². The van der Waals surface area contributed by atoms with Crippen molar-refractivity contribution in [2.45, 2.75) is 43.7 Å². The van der Waals surface area contributed by atoms with Crippen molar-refractivity contribution in [3.8, 4) is 0 Å². The van der Waals surface area contributed by atoms with E-state index in [-0.39, 0.29) is 17.9 Å². The summed E-state index contributed by atoms with van der Waals surface area (Å²) in [5.41, 5.74) is 7.09. The maximum Gasteiger partial charge on any atom is 0.516 e. The smallest absolute Gasteiger partial charge is 0.429 e. The van der Waals surface area contributed by atoms with Gasteiger partial charge in [0.25, 0.3) is 0 Å². The van der Waals surface area contributed by atoms with E-state index in [0.29, 0.717) is 19.4 Å². The summed E-state index contributed by atoms with van der Waals surface area (Å²) in [7, 11) is -3.98. The van der Waals surface area contributed by atoms with Crippen LogP contribution in [0.5, 0.6) is 0 Å². The lowest BCUT2D eigenvalue weighted by Gasteiger charge is -2.17. The number of hydrogen-bond donors (Lipinski definition) is 2. The summed E-state index contributed by atoms with van der Waals surface area (Å²) in [6.45, 7) is 2.16. The van der Waals surface area contributed by atoms with Crippen molar-refractivity contribution in [1.29, 1.82) is 0 Å². The number of aryl methyl sites for hydroxylation is 1. The minimum absolute atomic E-state index is 0.0105. The van der Waals surface area contributed by atoms with E-state index in [0.717, 1.165) is 11.1 Å². The number of unbranched alkanes of at least 4 members (excludes halogenated alkanes) is 1. The molecule has 162 valence electrons. The van der Waals surface area contributed by atoms with Crippen LogP contribution in [0.15, 0.2) is 59.5 Å². The zero-order chi connectivity index (χ0) is 22.0. The molecule has 0 aromatic heterocycles. The second-order valence-corrected chi connectivity index (χ2v) is 8.43. The number of rotatable bonds is 10. The molecule has 0 aliphatic rings. The van der Waals surface area contributed by atoms with Gasteiger partial charge in [0.05, 0.1) is 4.90 Å². The Balaban J connectivity index is 2.02. The van der Waals surface area contributed by atoms with Crippen LogP contribution in [0.1, 0.15) is 30.4 Å². The molecule has 2 aromatic carbocycles. The molecule has 3 N–H and O–H groups in total. The first-order chi connectivity index (χ1) is 14.3. The number of sulfonamides is 1. The Hall–Kier alpha value is -2.75. The zero-order valence-electron chi connectivity index (χ0n) is 16.7. The van der Waals surface area contributed by atoms with E-state index in [1.54, 1.807) is 36.4 Å². The second-order valence-electron chi connectivity index (χ2n) is 6.72. The summed E-state index contributed by atoms with van der Waals surface area (Å²) in [4.78, 5) is 24.3. The van der Waals surface area contributed by atoms with Gasteiger partial charge in [0, 0.05) is 0 Å². The largest absolute Gasteiger partial charge is 0.516 e. The van der Waals surface area contributed by atoms with Crippen molar-refractivity contribution in [3.63, 3.8) is 0 Å². The number of nitrogens with one attached hydrogen (secondary N) is 1. The summed E-state index contributed by atoms with van der Waals surface area (Å²) in [6, 6.07) is 13.8. The first-order valence-corrected chi connectivity index (χ1v) is 11.0. The third-order valence-corrected chi connectivity index (χ3v) is 5.73. The fourth-order valence-corrected chi connectivity index (χ4v) is 3.81. The third kappa shape index (κ3) is 7.58. The van der Waals surface area contributed by atoms with Crippen LogP contribution in [0, 0.1) is 6.92 Å². The molecule has 8 nitrogen and oxygen atoms in total. The molecule has 0 saturated heterocycles. The average molecular weight is 435 g/mol. The van der Waals surface area contributed by atoms with Crippen LogP contribution in [-0.4, -0.2) is 33.1 Å². The van der Waals surface area contributed by atoms with Gasteiger partial charge in [-0.25, -0.2) is 18.0 Å². The first-order valence-electron chi connectivity index (χ1n) is 9.53. The quantitative estimate of drug-likeness (QED) is 0.334. The Morgan fingerprint density at radius 2 is 1.70 bits per heavy atom. The molecule has 0 aliphatic carbocycles. The van der Waals surface area contributed by atoms with Gasteiger partial charge in [-0.2, -0.15) is 4.72 Å². The number of nitrogens with two attached hydrogens (primary N) is 1. The number of ether oxygens (including phenoxy) is 2. The molecule has 0 radical (unpaired) electrons. The number of benzene rings is 2. The van der Waals surface area contributed by atoms with Gasteiger partial charge < -0.3 is 15.2 Å². The minimum Gasteiger partial charge on any atom is -0.429 e. The van der Waals surface area contributed by atoms with Crippen molar-refractivity contribution in [1.82, 2.24) is 4.72 Å². The summed E-state index contributed by atoms with van der Waals surface area (Å²) < 4.78 is 37.2. The molecule has 1 atom stereocenters. The molecule has 0 heterocycles. The molecule has 2 rings (SSSR count). The van der Waals surface area contributed by atoms with E-state index in [4.69, 9.17) is 15.2 Å². The minimum atomic E-state index is -3.98. The van der Waals surface area contributed by atoms with Gasteiger partial charge in [-0.15, -0.1) is 0 Å². The zero-order valence-corrected chi connectivity index (χ0v) is 17.6. The lowest BCUT2D eigenvalue weighted by molar-refractivity contribution is -0.142. The Kier molecular flexibility index (Phi) is 8.97. The van der Waals surface area contributed by atoms with Crippen molar-refractivity contribution < 1.29 is 27.5 Å². The lowest BCUT2D eigenvalue weighted by atomic mass is 10.1. The molecule has 0 saturated carbocycles. The highest BCUT2D eigenvalue weighted by molar-refractivity contribution is 7.89. The molecule has 0 fully saturated rings. The van der Waals surface area contributed by atoms with E-state index in [9.17, 15) is 18.0 Å². The summed E-state index contributed by atoms with van der Waals surface area (Å²) in [5.74, 6) is -1.03. The van der Waals surface area contributed by atoms with Gasteiger partial charge >= 0.3 is 12.1 Å². The maximum atomic E-state index is 12.6. The van der Waals surface area contributed by atoms with Crippen LogP contribution in [-0.2, 0) is 30.9 Å². The number of hydrogen-bond acceptors (Lipinski definition) is 7. The van der Waals surface area contributed by atoms with Gasteiger partial charge in [-0.05, 0) is 44.0 Å². The molecular formula is C21H26N2O6S. The van der Waals surface area contributed by atoms with E-state index in [1.807, 2.05) is 13.0 Å². The molecule has 30 heavy (non-hydrogen) atoms. The van der Waals surface area contributed by atoms with Crippen molar-refractivity contribution >= 4 is 22.1 Å². The highest BCUT2D eigenvalue weighted by atomic mass is 32.2. The Morgan fingerprint density at radius 1 is 1.03 bits per heavy atom. The summed E-state index contributed by atoms with van der Waals surface area (Å²) in [5, 5.41) is 0. The van der Waals surface area contributed by atoms with Gasteiger partial charge in [0.1, 0.15) is 12.6 Å². The van der Waals surface area contributed by atoms with Crippen LogP contribution >= 0.6 is 0 Å². The van der Waals surface area contributed by atoms with E-state index in [1.165, 1.54) is 12.1 Å². The molecule has 0 amide bonds. The normalized spacial score (nSPS) is 12.2. The third-order valence-electron chi connectivity index (χ3n) is 4.24. The van der Waals surface area contributed by atoms with Crippen molar-refractivity contribution in [3.05, 3.63) is 65.7 Å². The van der Waals surface area contributed by atoms with Crippen molar-refractivity contribution in [2.24, 2.45) is 5.73 Å². The molecule has 0 unspecified atom stereocenters. The maximum absolute atomic E-state index is 12.6. The predicted molar refractivity (Wildman–Crippen MR) is 111 cm³/mol. The Morgan fingerprint density at radius 3 is 2.33 bits per heavy atom. The van der Waals surface area contributed by atoms with Gasteiger partial charge in [0.15, 0.2) is 0 Å². The lowest BCUT2D eigenvalue weighted by Crippen LogP contribution is -2.42. The van der Waals surface area contributed by atoms with Crippen molar-refractivity contribution in [2.75, 3.05) is 6.54 Å². The Labute approximate surface area is 176 Å². The Bertz CT molecular complexity index is 930. The predicted octanol–water partition coefficient (Wildman–Crippen LogP) is 2.65. The van der Waals surface area contributed by atoms with Gasteiger partial charge in [-0.3, -0.25) is 0 Å². The average Bonchev–Trinajstić information content (AvgIpc) is 2.72.